The molecule has 0 aliphatic carbocycles. The Labute approximate surface area is 148 Å². The van der Waals surface area contributed by atoms with Crippen LogP contribution in [-0.2, 0) is 10.0 Å². The molecule has 8 nitrogen and oxygen atoms in total. The van der Waals surface area contributed by atoms with Gasteiger partial charge in [0.05, 0.1) is 19.0 Å². The molecule has 0 aromatic heterocycles. The fourth-order valence-electron chi connectivity index (χ4n) is 2.80. The SMILES string of the molecule is CN=C(NCCN1CCCS1(=O)=O)Nc1ccc2c(c1)OCCCO2. The van der Waals surface area contributed by atoms with Gasteiger partial charge in [0.2, 0.25) is 10.0 Å². The van der Waals surface area contributed by atoms with E-state index in [-0.39, 0.29) is 5.75 Å². The van der Waals surface area contributed by atoms with Crippen LogP contribution in [0, 0.1) is 0 Å². The zero-order valence-corrected chi connectivity index (χ0v) is 15.1. The summed E-state index contributed by atoms with van der Waals surface area (Å²) in [5.74, 6) is 2.27. The molecule has 0 bridgehead atoms. The van der Waals surface area contributed by atoms with Gasteiger partial charge in [0.1, 0.15) is 0 Å². The Hall–Kier alpha value is -2.00. The zero-order valence-electron chi connectivity index (χ0n) is 14.3. The van der Waals surface area contributed by atoms with E-state index in [9.17, 15) is 8.42 Å². The molecule has 1 saturated heterocycles. The molecule has 0 amide bonds. The molecule has 2 aliphatic rings. The molecule has 0 radical (unpaired) electrons. The topological polar surface area (TPSA) is 92.3 Å². The van der Waals surface area contributed by atoms with Gasteiger partial charge in [0.15, 0.2) is 17.5 Å². The van der Waals surface area contributed by atoms with Crippen LogP contribution in [0.4, 0.5) is 5.69 Å². The summed E-state index contributed by atoms with van der Waals surface area (Å²) in [6, 6.07) is 5.64. The summed E-state index contributed by atoms with van der Waals surface area (Å²) in [7, 11) is -1.39. The van der Waals surface area contributed by atoms with Gasteiger partial charge in [-0.15, -0.1) is 0 Å². The summed E-state index contributed by atoms with van der Waals surface area (Å²) in [6.45, 7) is 2.81. The lowest BCUT2D eigenvalue weighted by Gasteiger charge is -2.17. The van der Waals surface area contributed by atoms with Crippen LogP contribution in [0.3, 0.4) is 0 Å². The van der Waals surface area contributed by atoms with E-state index in [1.54, 1.807) is 7.05 Å². The Morgan fingerprint density at radius 1 is 1.24 bits per heavy atom. The third-order valence-electron chi connectivity index (χ3n) is 4.09. The molecular formula is C16H24N4O4S. The summed E-state index contributed by atoms with van der Waals surface area (Å²) in [6.07, 6.45) is 1.56. The third-order valence-corrected chi connectivity index (χ3v) is 6.05. The van der Waals surface area contributed by atoms with Crippen molar-refractivity contribution < 1.29 is 17.9 Å². The van der Waals surface area contributed by atoms with Gasteiger partial charge in [0, 0.05) is 44.9 Å². The van der Waals surface area contributed by atoms with Gasteiger partial charge < -0.3 is 20.1 Å². The highest BCUT2D eigenvalue weighted by Gasteiger charge is 2.27. The normalized spacial score (nSPS) is 20.1. The van der Waals surface area contributed by atoms with Crippen LogP contribution in [0.1, 0.15) is 12.8 Å². The monoisotopic (exact) mass is 368 g/mol. The second kappa shape index (κ2) is 7.92. The van der Waals surface area contributed by atoms with Gasteiger partial charge in [-0.2, -0.15) is 0 Å². The lowest BCUT2D eigenvalue weighted by molar-refractivity contribution is 0.297. The largest absolute Gasteiger partial charge is 0.490 e. The van der Waals surface area contributed by atoms with Crippen molar-refractivity contribution in [2.75, 3.05) is 51.0 Å². The molecule has 2 heterocycles. The first-order chi connectivity index (χ1) is 12.1. The van der Waals surface area contributed by atoms with Crippen LogP contribution < -0.4 is 20.1 Å². The molecule has 0 atom stereocenters. The number of nitrogens with zero attached hydrogens (tertiary/aromatic N) is 2. The van der Waals surface area contributed by atoms with E-state index in [0.29, 0.717) is 51.0 Å². The van der Waals surface area contributed by atoms with Crippen molar-refractivity contribution in [2.45, 2.75) is 12.8 Å². The molecule has 1 fully saturated rings. The molecule has 0 spiro atoms. The first kappa shape index (κ1) is 17.8. The van der Waals surface area contributed by atoms with Crippen molar-refractivity contribution >= 4 is 21.7 Å². The molecule has 1 aromatic rings. The maximum atomic E-state index is 11.8. The number of nitrogens with one attached hydrogen (secondary N) is 2. The molecular weight excluding hydrogens is 344 g/mol. The van der Waals surface area contributed by atoms with Gasteiger partial charge in [-0.1, -0.05) is 0 Å². The average molecular weight is 368 g/mol. The van der Waals surface area contributed by atoms with Crippen molar-refractivity contribution in [2.24, 2.45) is 4.99 Å². The predicted molar refractivity (Wildman–Crippen MR) is 97.0 cm³/mol. The number of rotatable bonds is 4. The number of fused-ring (bicyclic) bond motifs is 1. The molecule has 25 heavy (non-hydrogen) atoms. The fourth-order valence-corrected chi connectivity index (χ4v) is 4.33. The second-order valence-electron chi connectivity index (χ2n) is 5.90. The molecule has 1 aromatic carbocycles. The lowest BCUT2D eigenvalue weighted by atomic mass is 10.3. The van der Waals surface area contributed by atoms with E-state index in [2.05, 4.69) is 15.6 Å². The van der Waals surface area contributed by atoms with Crippen LogP contribution in [0.25, 0.3) is 0 Å². The van der Waals surface area contributed by atoms with E-state index in [1.807, 2.05) is 18.2 Å². The lowest BCUT2D eigenvalue weighted by Crippen LogP contribution is -2.38. The number of benzene rings is 1. The number of guanidine groups is 1. The maximum Gasteiger partial charge on any atom is 0.214 e. The smallest absolute Gasteiger partial charge is 0.214 e. The summed E-state index contributed by atoms with van der Waals surface area (Å²) >= 11 is 0. The zero-order chi connectivity index (χ0) is 17.7. The molecule has 2 aliphatic heterocycles. The van der Waals surface area contributed by atoms with Gasteiger partial charge in [-0.25, -0.2) is 12.7 Å². The highest BCUT2D eigenvalue weighted by atomic mass is 32.2. The number of hydrogen-bond donors (Lipinski definition) is 2. The van der Waals surface area contributed by atoms with Gasteiger partial charge >= 0.3 is 0 Å². The maximum absolute atomic E-state index is 11.8. The van der Waals surface area contributed by atoms with Crippen molar-refractivity contribution in [1.82, 2.24) is 9.62 Å². The highest BCUT2D eigenvalue weighted by Crippen LogP contribution is 2.32. The minimum Gasteiger partial charge on any atom is -0.490 e. The van der Waals surface area contributed by atoms with Crippen LogP contribution in [-0.4, -0.2) is 64.3 Å². The van der Waals surface area contributed by atoms with E-state index >= 15 is 0 Å². The first-order valence-electron chi connectivity index (χ1n) is 8.44. The number of sulfonamides is 1. The summed E-state index contributed by atoms with van der Waals surface area (Å²) in [5.41, 5.74) is 0.825. The Bertz CT molecular complexity index is 736. The van der Waals surface area contributed by atoms with Crippen molar-refractivity contribution in [1.29, 1.82) is 0 Å². The minimum atomic E-state index is -3.06. The summed E-state index contributed by atoms with van der Waals surface area (Å²) in [4.78, 5) is 4.17. The molecule has 2 N–H and O–H groups in total. The van der Waals surface area contributed by atoms with E-state index in [4.69, 9.17) is 9.47 Å². The van der Waals surface area contributed by atoms with E-state index in [1.165, 1.54) is 4.31 Å². The van der Waals surface area contributed by atoms with E-state index in [0.717, 1.165) is 17.9 Å². The van der Waals surface area contributed by atoms with Crippen LogP contribution in [0.2, 0.25) is 0 Å². The van der Waals surface area contributed by atoms with Gasteiger partial charge in [-0.3, -0.25) is 4.99 Å². The Balaban J connectivity index is 1.55. The van der Waals surface area contributed by atoms with Crippen LogP contribution >= 0.6 is 0 Å². The number of ether oxygens (including phenoxy) is 2. The first-order valence-corrected chi connectivity index (χ1v) is 10.0. The summed E-state index contributed by atoms with van der Waals surface area (Å²) < 4.78 is 36.4. The van der Waals surface area contributed by atoms with Crippen LogP contribution in [0.5, 0.6) is 11.5 Å². The summed E-state index contributed by atoms with van der Waals surface area (Å²) in [5, 5.41) is 6.32. The van der Waals surface area contributed by atoms with Crippen molar-refractivity contribution in [3.63, 3.8) is 0 Å². The third kappa shape index (κ3) is 4.55. The number of hydrogen-bond acceptors (Lipinski definition) is 5. The molecule has 0 unspecified atom stereocenters. The molecule has 138 valence electrons. The second-order valence-corrected chi connectivity index (χ2v) is 7.99. The van der Waals surface area contributed by atoms with Gasteiger partial charge in [0.25, 0.3) is 0 Å². The van der Waals surface area contributed by atoms with Gasteiger partial charge in [-0.05, 0) is 18.6 Å². The Morgan fingerprint density at radius 3 is 2.76 bits per heavy atom. The molecule has 0 saturated carbocycles. The van der Waals surface area contributed by atoms with Crippen molar-refractivity contribution in [3.8, 4) is 11.5 Å². The molecule has 9 heteroatoms. The fraction of sp³-hybridized carbons (Fsp3) is 0.562. The standard InChI is InChI=1S/C16H24N4O4S/c1-17-16(18-6-8-20-7-2-11-25(20,21)22)19-13-4-5-14-15(12-13)24-10-3-9-23-14/h4-5,12H,2-3,6-11H2,1H3,(H2,17,18,19). The Kier molecular flexibility index (Phi) is 5.64. The van der Waals surface area contributed by atoms with E-state index < -0.39 is 10.0 Å². The van der Waals surface area contributed by atoms with Crippen LogP contribution in [0.15, 0.2) is 23.2 Å². The number of aliphatic imine (C=N–C) groups is 1. The Morgan fingerprint density at radius 2 is 2.04 bits per heavy atom. The number of anilines is 1. The minimum absolute atomic E-state index is 0.247. The van der Waals surface area contributed by atoms with Crippen molar-refractivity contribution in [3.05, 3.63) is 18.2 Å². The quantitative estimate of drug-likeness (QED) is 0.605. The average Bonchev–Trinajstić information content (AvgIpc) is 2.80. The molecule has 3 rings (SSSR count). The predicted octanol–water partition coefficient (Wildman–Crippen LogP) is 0.871. The highest BCUT2D eigenvalue weighted by molar-refractivity contribution is 7.89.